The van der Waals surface area contributed by atoms with Crippen LogP contribution in [0.25, 0.3) is 0 Å². The maximum Gasteiger partial charge on any atom is 0.325 e. The molecule has 0 rings (SSSR count). The minimum Gasteiger partial charge on any atom is -0.480 e. The van der Waals surface area contributed by atoms with Gasteiger partial charge < -0.3 is 43.2 Å². The number of carbonyl (C=O) groups is 7. The lowest BCUT2D eigenvalue weighted by Gasteiger charge is -2.28. The topological polar surface area (TPSA) is 252 Å². The van der Waals surface area contributed by atoms with Gasteiger partial charge in [0.2, 0.25) is 35.4 Å². The molecule has 0 saturated carbocycles. The Morgan fingerprint density at radius 3 is 1.88 bits per heavy atom. The second-order valence-electron chi connectivity index (χ2n) is 9.02. The molecule has 0 radical (unpaired) electrons. The van der Waals surface area contributed by atoms with Crippen molar-refractivity contribution in [2.24, 2.45) is 17.4 Å². The molecule has 0 aliphatic heterocycles. The van der Waals surface area contributed by atoms with Gasteiger partial charge in [-0.05, 0) is 31.3 Å². The van der Waals surface area contributed by atoms with Crippen molar-refractivity contribution in [1.82, 2.24) is 26.6 Å². The summed E-state index contributed by atoms with van der Waals surface area (Å²) in [5, 5.41) is 21.2. The Morgan fingerprint density at radius 1 is 0.850 bits per heavy atom. The number of carboxylic acids is 1. The van der Waals surface area contributed by atoms with Gasteiger partial charge in [0.1, 0.15) is 30.2 Å². The number of carboxylic acid groups (broad SMARTS) is 1. The first-order valence-electron chi connectivity index (χ1n) is 12.5. The third-order valence-corrected chi connectivity index (χ3v) is 6.83. The van der Waals surface area contributed by atoms with E-state index in [-0.39, 0.29) is 24.6 Å². The lowest BCUT2D eigenvalue weighted by atomic mass is 9.97. The second kappa shape index (κ2) is 19.1. The van der Waals surface area contributed by atoms with Crippen molar-refractivity contribution in [3.05, 3.63) is 0 Å². The fourth-order valence-electron chi connectivity index (χ4n) is 3.23. The van der Waals surface area contributed by atoms with E-state index in [9.17, 15) is 33.6 Å². The molecule has 0 spiro atoms. The molecule has 0 aliphatic carbocycles. The molecule has 0 heterocycles. The molecule has 40 heavy (non-hydrogen) atoms. The molecule has 0 aromatic rings. The molecule has 0 aromatic heterocycles. The average Bonchev–Trinajstić information content (AvgIpc) is 2.90. The van der Waals surface area contributed by atoms with Crippen LogP contribution in [0, 0.1) is 5.92 Å². The number of thioether (sulfide) groups is 1. The first-order valence-corrected chi connectivity index (χ1v) is 14.6. The number of hydrogen-bond acceptors (Lipinski definition) is 10. The van der Waals surface area contributed by atoms with Crippen LogP contribution in [0.1, 0.15) is 40.0 Å². The highest BCUT2D eigenvalue weighted by Crippen LogP contribution is 2.11. The standard InChI is InChI=1S/C23H41N7O8S2/c1-5-11(2)18(30-21(35)15(10-39)27-17(32)9-24)22(36)28-13(6-7-40-4)19(33)29-14(8-16(25)31)20(34)26-12(3)23(37)38/h11-15,18,39H,5-10,24H2,1-4H3,(H2,25,31)(H,26,34)(H,27,32)(H,28,36)(H,29,33)(H,30,35)(H,37,38)/t11-,12-,13-,14-,15-,18-/m0/s1. The predicted octanol–water partition coefficient (Wildman–Crippen LogP) is -2.92. The van der Waals surface area contributed by atoms with Crippen molar-refractivity contribution in [3.8, 4) is 0 Å². The van der Waals surface area contributed by atoms with Crippen molar-refractivity contribution >= 4 is 65.8 Å². The van der Waals surface area contributed by atoms with Gasteiger partial charge in [-0.3, -0.25) is 33.6 Å². The van der Waals surface area contributed by atoms with Crippen LogP contribution in [-0.4, -0.2) is 101 Å². The highest BCUT2D eigenvalue weighted by molar-refractivity contribution is 7.98. The summed E-state index contributed by atoms with van der Waals surface area (Å²) in [4.78, 5) is 86.1. The minimum absolute atomic E-state index is 0.0605. The van der Waals surface area contributed by atoms with Gasteiger partial charge in [0.25, 0.3) is 0 Å². The van der Waals surface area contributed by atoms with Crippen LogP contribution in [-0.2, 0) is 33.6 Å². The van der Waals surface area contributed by atoms with E-state index in [1.165, 1.54) is 18.7 Å². The van der Waals surface area contributed by atoms with Gasteiger partial charge in [-0.25, -0.2) is 0 Å². The number of carbonyl (C=O) groups excluding carboxylic acids is 6. The van der Waals surface area contributed by atoms with E-state index >= 15 is 0 Å². The van der Waals surface area contributed by atoms with Crippen molar-refractivity contribution in [2.45, 2.75) is 70.2 Å². The summed E-state index contributed by atoms with van der Waals surface area (Å²) in [5.74, 6) is -5.98. The van der Waals surface area contributed by atoms with Gasteiger partial charge in [-0.15, -0.1) is 0 Å². The van der Waals surface area contributed by atoms with Gasteiger partial charge in [-0.1, -0.05) is 20.3 Å². The molecule has 228 valence electrons. The molecule has 6 amide bonds. The molecule has 0 fully saturated rings. The van der Waals surface area contributed by atoms with Crippen LogP contribution < -0.4 is 38.1 Å². The summed E-state index contributed by atoms with van der Waals surface area (Å²) in [6.07, 6.45) is 1.77. The monoisotopic (exact) mass is 607 g/mol. The van der Waals surface area contributed by atoms with Crippen LogP contribution in [0.15, 0.2) is 0 Å². The van der Waals surface area contributed by atoms with Crippen LogP contribution in [0.3, 0.4) is 0 Å². The summed E-state index contributed by atoms with van der Waals surface area (Å²) < 4.78 is 0. The quantitative estimate of drug-likeness (QED) is 0.0676. The van der Waals surface area contributed by atoms with Gasteiger partial charge in [-0.2, -0.15) is 24.4 Å². The lowest BCUT2D eigenvalue weighted by molar-refractivity contribution is -0.142. The zero-order valence-corrected chi connectivity index (χ0v) is 24.7. The molecular weight excluding hydrogens is 566 g/mol. The second-order valence-corrected chi connectivity index (χ2v) is 10.4. The molecule has 0 aliphatic rings. The number of nitrogens with two attached hydrogens (primary N) is 2. The zero-order chi connectivity index (χ0) is 31.0. The number of hydrogen-bond donors (Lipinski definition) is 9. The SMILES string of the molecule is CC[C@H](C)[C@H](NC(=O)[C@H](CS)NC(=O)CN)C(=O)N[C@@H](CCSC)C(=O)N[C@@H](CC(N)=O)C(=O)N[C@@H](C)C(=O)O. The van der Waals surface area contributed by atoms with Crippen LogP contribution in [0.4, 0.5) is 0 Å². The Labute approximate surface area is 242 Å². The average molecular weight is 608 g/mol. The van der Waals surface area contributed by atoms with Crippen molar-refractivity contribution in [2.75, 3.05) is 24.3 Å². The number of nitrogens with one attached hydrogen (secondary N) is 5. The van der Waals surface area contributed by atoms with Gasteiger partial charge in [0.15, 0.2) is 0 Å². The molecule has 0 unspecified atom stereocenters. The minimum atomic E-state index is -1.49. The Kier molecular flexibility index (Phi) is 17.6. The third kappa shape index (κ3) is 13.3. The number of primary amides is 1. The fraction of sp³-hybridized carbons (Fsp3) is 0.696. The normalized spacial score (nSPS) is 15.2. The van der Waals surface area contributed by atoms with E-state index in [1.807, 2.05) is 0 Å². The van der Waals surface area contributed by atoms with Crippen LogP contribution in [0.5, 0.6) is 0 Å². The molecule has 0 saturated heterocycles. The highest BCUT2D eigenvalue weighted by Gasteiger charge is 2.33. The zero-order valence-electron chi connectivity index (χ0n) is 23.0. The Hall–Kier alpha value is -3.05. The first-order chi connectivity index (χ1) is 18.7. The Balaban J connectivity index is 5.85. The maximum absolute atomic E-state index is 13.3. The molecule has 17 heteroatoms. The Bertz CT molecular complexity index is 924. The molecule has 6 atom stereocenters. The molecule has 0 aromatic carbocycles. The highest BCUT2D eigenvalue weighted by atomic mass is 32.2. The number of aliphatic carboxylic acids is 1. The van der Waals surface area contributed by atoms with Crippen LogP contribution in [0.2, 0.25) is 0 Å². The van der Waals surface area contributed by atoms with E-state index in [4.69, 9.17) is 16.6 Å². The molecule has 15 nitrogen and oxygen atoms in total. The van der Waals surface area contributed by atoms with E-state index in [0.717, 1.165) is 0 Å². The first kappa shape index (κ1) is 37.0. The van der Waals surface area contributed by atoms with E-state index in [1.54, 1.807) is 20.1 Å². The van der Waals surface area contributed by atoms with E-state index in [2.05, 4.69) is 39.2 Å². The summed E-state index contributed by atoms with van der Waals surface area (Å²) >= 11 is 5.46. The fourth-order valence-corrected chi connectivity index (χ4v) is 3.96. The molecule has 0 bridgehead atoms. The van der Waals surface area contributed by atoms with E-state index in [0.29, 0.717) is 12.2 Å². The molecule has 10 N–H and O–H groups in total. The maximum atomic E-state index is 13.3. The lowest BCUT2D eigenvalue weighted by Crippen LogP contribution is -2.60. The predicted molar refractivity (Wildman–Crippen MR) is 152 cm³/mol. The smallest absolute Gasteiger partial charge is 0.325 e. The number of amides is 6. The summed E-state index contributed by atoms with van der Waals surface area (Å²) in [7, 11) is 0. The number of rotatable bonds is 19. The summed E-state index contributed by atoms with van der Waals surface area (Å²) in [6, 6.07) is -6.13. The summed E-state index contributed by atoms with van der Waals surface area (Å²) in [5.41, 5.74) is 10.5. The van der Waals surface area contributed by atoms with Crippen molar-refractivity contribution in [1.29, 1.82) is 0 Å². The van der Waals surface area contributed by atoms with Crippen molar-refractivity contribution in [3.63, 3.8) is 0 Å². The largest absolute Gasteiger partial charge is 0.480 e. The third-order valence-electron chi connectivity index (χ3n) is 5.82. The summed E-state index contributed by atoms with van der Waals surface area (Å²) in [6.45, 7) is 4.37. The van der Waals surface area contributed by atoms with Gasteiger partial charge >= 0.3 is 5.97 Å². The van der Waals surface area contributed by atoms with Gasteiger partial charge in [0.05, 0.1) is 13.0 Å². The van der Waals surface area contributed by atoms with E-state index < -0.39 is 78.0 Å². The van der Waals surface area contributed by atoms with Gasteiger partial charge in [0, 0.05) is 5.75 Å². The van der Waals surface area contributed by atoms with Crippen LogP contribution >= 0.6 is 24.4 Å². The number of thiol groups is 1. The molecular formula is C23H41N7O8S2. The Morgan fingerprint density at radius 2 is 1.40 bits per heavy atom. The van der Waals surface area contributed by atoms with Crippen molar-refractivity contribution < 1.29 is 38.7 Å².